The number of nitrogens with zero attached hydrogens (tertiary/aromatic N) is 2. The van der Waals surface area contributed by atoms with Gasteiger partial charge in [0.25, 0.3) is 0 Å². The highest BCUT2D eigenvalue weighted by atomic mass is 35.6. The zero-order valence-corrected chi connectivity index (χ0v) is 23.5. The second-order valence-electron chi connectivity index (χ2n) is 6.24. The Morgan fingerprint density at radius 2 is 0.885 bits per heavy atom. The third-order valence-corrected chi connectivity index (χ3v) is 17.8. The zero-order valence-electron chi connectivity index (χ0n) is 16.4. The summed E-state index contributed by atoms with van der Waals surface area (Å²) >= 11 is 40.3. The second kappa shape index (κ2) is 11.3. The summed E-state index contributed by atoms with van der Waals surface area (Å²) in [6.45, 7) is 13.6. The molecule has 0 amide bonds. The first kappa shape index (κ1) is 28.7. The molecule has 0 N–H and O–H groups in total. The molecule has 1 aliphatic heterocycles. The molecule has 26 heavy (non-hydrogen) atoms. The molecule has 1 saturated heterocycles. The summed E-state index contributed by atoms with van der Waals surface area (Å²) < 4.78 is 2.51. The van der Waals surface area contributed by atoms with Crippen molar-refractivity contribution in [1.82, 2.24) is 0 Å². The minimum absolute atomic E-state index is 0.110. The molecule has 0 spiro atoms. The Bertz CT molecular complexity index is 510. The van der Waals surface area contributed by atoms with Crippen LogP contribution in [0.2, 0.25) is 0 Å². The van der Waals surface area contributed by atoms with Crippen LogP contribution < -0.4 is 0 Å². The van der Waals surface area contributed by atoms with E-state index in [1.54, 1.807) is 0 Å². The molecule has 156 valence electrons. The minimum Gasteiger partial charge on any atom is -0.393 e. The third-order valence-electron chi connectivity index (χ3n) is 5.58. The molecule has 0 aliphatic carbocycles. The highest BCUT2D eigenvalue weighted by Gasteiger charge is 2.74. The highest BCUT2D eigenvalue weighted by Crippen LogP contribution is 2.60. The molecule has 0 aromatic heterocycles. The van der Waals surface area contributed by atoms with Gasteiger partial charge in [0, 0.05) is 51.1 Å². The third kappa shape index (κ3) is 6.34. The average molecular weight is 545 g/mol. The Balaban J connectivity index is 0.00000110. The smallest absolute Gasteiger partial charge is 0.393 e. The van der Waals surface area contributed by atoms with Crippen LogP contribution in [0.25, 0.3) is 0 Å². The first-order valence-corrected chi connectivity index (χ1v) is 16.8. The summed E-state index contributed by atoms with van der Waals surface area (Å²) in [5.41, 5.74) is 0. The fraction of sp³-hybridized carbons (Fsp3) is 1.00. The van der Waals surface area contributed by atoms with Crippen LogP contribution in [-0.4, -0.2) is 60.7 Å². The minimum atomic E-state index is -2.11. The summed E-state index contributed by atoms with van der Waals surface area (Å²) in [7, 11) is -2.64. The van der Waals surface area contributed by atoms with Gasteiger partial charge in [-0.05, 0) is 11.5 Å². The molecule has 2 nitrogen and oxygen atoms in total. The lowest BCUT2D eigenvalue weighted by atomic mass is 9.80. The Morgan fingerprint density at radius 3 is 1.00 bits per heavy atom. The molecule has 0 aromatic carbocycles. The number of hydrogen-bond acceptors (Lipinski definition) is 0. The molecule has 0 radical (unpaired) electrons. The van der Waals surface area contributed by atoms with Gasteiger partial charge in [-0.1, -0.05) is 41.5 Å². The van der Waals surface area contributed by atoms with Gasteiger partial charge in [-0.15, -0.1) is 0 Å². The molecule has 1 heterocycles. The zero-order chi connectivity index (χ0) is 21.0. The van der Waals surface area contributed by atoms with E-state index in [1.165, 1.54) is 0 Å². The summed E-state index contributed by atoms with van der Waals surface area (Å²) in [5, 5.41) is -1.67. The first-order chi connectivity index (χ1) is 11.8. The summed E-state index contributed by atoms with van der Waals surface area (Å²) in [6.07, 6.45) is 6.70. The standard InChI is InChI=1S/C12H30B2Cl3N2P2.BCl4/c1-7-20(8-2,9-3)18-13(15)19(14(18,16)17)21(10-4,11-5)12-6;2-1(3,4)5/h7-12H2,1-6H3;/q+1;-1. The van der Waals surface area contributed by atoms with Gasteiger partial charge in [-0.2, -0.15) is 22.9 Å². The van der Waals surface area contributed by atoms with Crippen molar-refractivity contribution in [2.75, 3.05) is 37.0 Å². The van der Waals surface area contributed by atoms with Crippen molar-refractivity contribution in [2.24, 2.45) is 0 Å². The predicted octanol–water partition coefficient (Wildman–Crippen LogP) is 8.06. The Hall–Kier alpha value is 2.68. The van der Waals surface area contributed by atoms with Crippen molar-refractivity contribution in [2.45, 2.75) is 41.5 Å². The molecule has 0 unspecified atom stereocenters. The van der Waals surface area contributed by atoms with Crippen LogP contribution in [0.4, 0.5) is 0 Å². The molecule has 0 atom stereocenters. The van der Waals surface area contributed by atoms with Crippen molar-refractivity contribution in [3.8, 4) is 0 Å². The normalized spacial score (nSPS) is 17.7. The lowest BCUT2D eigenvalue weighted by molar-refractivity contribution is -0.483. The van der Waals surface area contributed by atoms with Crippen molar-refractivity contribution in [3.63, 3.8) is 0 Å². The number of hydrogen-bond donors (Lipinski definition) is 0. The topological polar surface area (TPSA) is 6.02 Å². The SMILES string of the molecule is CCP(CC)(CC)=[N+]1B(Cl)[N+](=P(CC)(CC)CC)[B-]1(Cl)Cl.Cl[B-](Cl)(Cl)Cl. The van der Waals surface area contributed by atoms with E-state index in [0.29, 0.717) is 0 Å². The van der Waals surface area contributed by atoms with Crippen LogP contribution in [0, 0.1) is 0 Å². The lowest BCUT2D eigenvalue weighted by Gasteiger charge is -2.46. The van der Waals surface area contributed by atoms with Gasteiger partial charge in [0.15, 0.2) is 0 Å². The van der Waals surface area contributed by atoms with E-state index < -0.39 is 23.2 Å². The predicted molar refractivity (Wildman–Crippen MR) is 136 cm³/mol. The van der Waals surface area contributed by atoms with Crippen molar-refractivity contribution < 1.29 is 8.30 Å². The van der Waals surface area contributed by atoms with Crippen molar-refractivity contribution >= 4 is 110 Å². The molecule has 0 aromatic rings. The van der Waals surface area contributed by atoms with Gasteiger partial charge in [-0.25, -0.2) is 0 Å². The summed E-state index contributed by atoms with van der Waals surface area (Å²) in [5.74, 6) is 0. The number of rotatable bonds is 6. The molecule has 0 saturated carbocycles. The van der Waals surface area contributed by atoms with Crippen molar-refractivity contribution in [3.05, 3.63) is 0 Å². The van der Waals surface area contributed by atoms with Gasteiger partial charge in [0.2, 0.25) is 0 Å². The van der Waals surface area contributed by atoms with E-state index in [9.17, 15) is 0 Å². The summed E-state index contributed by atoms with van der Waals surface area (Å²) in [4.78, 5) is 0. The van der Waals surface area contributed by atoms with Crippen LogP contribution in [0.5, 0.6) is 0 Å². The quantitative estimate of drug-likeness (QED) is 0.236. The Kier molecular flexibility index (Phi) is 12.5. The molecule has 14 heteroatoms. The van der Waals surface area contributed by atoms with Crippen LogP contribution in [0.15, 0.2) is 0 Å². The van der Waals surface area contributed by atoms with E-state index in [0.717, 1.165) is 37.0 Å². The lowest BCUT2D eigenvalue weighted by Crippen LogP contribution is -2.70. The van der Waals surface area contributed by atoms with Crippen molar-refractivity contribution in [1.29, 1.82) is 0 Å². The van der Waals surface area contributed by atoms with E-state index in [2.05, 4.69) is 49.8 Å². The molecule has 1 aliphatic rings. The second-order valence-corrected chi connectivity index (χ2v) is 21.1. The maximum absolute atomic E-state index is 6.92. The first-order valence-electron chi connectivity index (χ1n) is 9.10. The fourth-order valence-corrected chi connectivity index (χ4v) is 15.3. The molecular weight excluding hydrogens is 515 g/mol. The molecule has 0 bridgehead atoms. The van der Waals surface area contributed by atoms with Gasteiger partial charge in [-0.3, -0.25) is 0 Å². The van der Waals surface area contributed by atoms with Gasteiger partial charge < -0.3 is 54.1 Å². The molecule has 1 fully saturated rings. The van der Waals surface area contributed by atoms with Crippen LogP contribution in [0.1, 0.15) is 41.5 Å². The Labute approximate surface area is 195 Å². The summed E-state index contributed by atoms with van der Waals surface area (Å²) in [6, 6.07) is 0. The van der Waals surface area contributed by atoms with Gasteiger partial charge in [0.1, 0.15) is 0 Å². The maximum atomic E-state index is 6.92. The average Bonchev–Trinajstić information content (AvgIpc) is 2.55. The number of halogens is 7. The highest BCUT2D eigenvalue weighted by molar-refractivity contribution is 7.81. The molecule has 1 rings (SSSR count). The van der Waals surface area contributed by atoms with Crippen LogP contribution in [0.3, 0.4) is 0 Å². The van der Waals surface area contributed by atoms with E-state index in [4.69, 9.17) is 80.2 Å². The maximum Gasteiger partial charge on any atom is 0.845 e. The molecular formula is C12H30B3Cl7N2P2. The monoisotopic (exact) mass is 542 g/mol. The van der Waals surface area contributed by atoms with Gasteiger partial charge in [0.05, 0.1) is 0 Å². The van der Waals surface area contributed by atoms with E-state index >= 15 is 0 Å². The Morgan fingerprint density at radius 1 is 0.692 bits per heavy atom. The van der Waals surface area contributed by atoms with E-state index in [-0.39, 0.29) is 6.40 Å². The van der Waals surface area contributed by atoms with E-state index in [1.807, 2.05) is 0 Å². The largest absolute Gasteiger partial charge is 0.845 e. The van der Waals surface area contributed by atoms with Crippen LogP contribution in [-0.2, 0) is 0 Å². The van der Waals surface area contributed by atoms with Gasteiger partial charge >= 0.3 is 15.5 Å². The van der Waals surface area contributed by atoms with Crippen LogP contribution >= 0.6 is 94.3 Å². The fourth-order valence-electron chi connectivity index (χ4n) is 3.78.